The molecule has 0 aliphatic rings. The number of phosphoric ester groups is 1. The molecule has 0 spiro atoms. The largest absolute Gasteiger partial charge is 0.469 e. The molecular weight excluding hydrogens is 667 g/mol. The fourth-order valence-electron chi connectivity index (χ4n) is 5.09. The zero-order valence-corrected chi connectivity index (χ0v) is 32.7. The Kier molecular flexibility index (Phi) is 34.5. The lowest BCUT2D eigenvalue weighted by molar-refractivity contribution is -0.161. The third-order valence-electron chi connectivity index (χ3n) is 8.09. The molecule has 2 atom stereocenters. The lowest BCUT2D eigenvalue weighted by Gasteiger charge is -2.18. The van der Waals surface area contributed by atoms with E-state index in [4.69, 9.17) is 19.3 Å². The van der Waals surface area contributed by atoms with E-state index >= 15 is 0 Å². The quantitative estimate of drug-likeness (QED) is 0.0190. The highest BCUT2D eigenvalue weighted by molar-refractivity contribution is 7.46. The van der Waals surface area contributed by atoms with Crippen LogP contribution in [0.1, 0.15) is 162 Å². The molecule has 0 saturated heterocycles. The number of hydrogen-bond donors (Lipinski definition) is 3. The van der Waals surface area contributed by atoms with Crippen molar-refractivity contribution in [1.82, 2.24) is 0 Å². The summed E-state index contributed by atoms with van der Waals surface area (Å²) in [6.07, 6.45) is 41.1. The molecular formula is C41H71O9P. The zero-order valence-electron chi connectivity index (χ0n) is 31.8. The average Bonchev–Trinajstić information content (AvgIpc) is 3.09. The van der Waals surface area contributed by atoms with Gasteiger partial charge in [-0.15, -0.1) is 0 Å². The Bertz CT molecular complexity index is 1030. The Balaban J connectivity index is 4.13. The maximum Gasteiger partial charge on any atom is 0.469 e. The van der Waals surface area contributed by atoms with Crippen LogP contribution in [0.4, 0.5) is 0 Å². The van der Waals surface area contributed by atoms with E-state index < -0.39 is 38.6 Å². The van der Waals surface area contributed by atoms with E-state index in [2.05, 4.69) is 36.6 Å². The van der Waals surface area contributed by atoms with Crippen LogP contribution in [0, 0.1) is 0 Å². The summed E-state index contributed by atoms with van der Waals surface area (Å²) >= 11 is 0. The predicted molar refractivity (Wildman–Crippen MR) is 208 cm³/mol. The minimum atomic E-state index is -4.78. The summed E-state index contributed by atoms with van der Waals surface area (Å²) in [7, 11) is -4.78. The van der Waals surface area contributed by atoms with Crippen molar-refractivity contribution in [2.24, 2.45) is 0 Å². The molecule has 0 radical (unpaired) electrons. The van der Waals surface area contributed by atoms with Crippen molar-refractivity contribution in [1.29, 1.82) is 0 Å². The van der Waals surface area contributed by atoms with E-state index in [1.807, 2.05) is 36.5 Å². The van der Waals surface area contributed by atoms with Gasteiger partial charge in [0.1, 0.15) is 6.61 Å². The summed E-state index contributed by atoms with van der Waals surface area (Å²) in [5.74, 6) is -0.999. The maximum absolute atomic E-state index is 12.4. The second kappa shape index (κ2) is 36.1. The van der Waals surface area contributed by atoms with Crippen LogP contribution in [0.5, 0.6) is 0 Å². The van der Waals surface area contributed by atoms with Crippen LogP contribution in [-0.2, 0) is 28.2 Å². The SMILES string of the molecule is CCCCC/C=C\C[C@@H](O)/C=C/C=C\C/C=C\CCCC(=O)OC[C@H](COP(=O)(O)O)OC(=O)CCCCCCCCC/C=C\CCCCCC. The Morgan fingerprint density at radius 1 is 0.608 bits per heavy atom. The molecule has 0 aliphatic carbocycles. The topological polar surface area (TPSA) is 140 Å². The van der Waals surface area contributed by atoms with Crippen molar-refractivity contribution < 1.29 is 43.0 Å². The Labute approximate surface area is 309 Å². The second-order valence-electron chi connectivity index (χ2n) is 13.1. The molecule has 0 aliphatic heterocycles. The van der Waals surface area contributed by atoms with Gasteiger partial charge < -0.3 is 24.4 Å². The van der Waals surface area contributed by atoms with Crippen molar-refractivity contribution in [2.75, 3.05) is 13.2 Å². The summed E-state index contributed by atoms with van der Waals surface area (Å²) in [4.78, 5) is 42.7. The van der Waals surface area contributed by atoms with Crippen LogP contribution in [0.2, 0.25) is 0 Å². The van der Waals surface area contributed by atoms with E-state index in [9.17, 15) is 19.3 Å². The molecule has 0 saturated carbocycles. The highest BCUT2D eigenvalue weighted by Gasteiger charge is 2.22. The molecule has 294 valence electrons. The smallest absolute Gasteiger partial charge is 0.462 e. The number of unbranched alkanes of at least 4 members (excludes halogenated alkanes) is 15. The summed E-state index contributed by atoms with van der Waals surface area (Å²) in [6, 6.07) is 0. The van der Waals surface area contributed by atoms with E-state index in [1.165, 1.54) is 70.6 Å². The first-order valence-electron chi connectivity index (χ1n) is 19.7. The number of aliphatic hydroxyl groups excluding tert-OH is 1. The zero-order chi connectivity index (χ0) is 37.7. The van der Waals surface area contributed by atoms with E-state index in [1.54, 1.807) is 6.08 Å². The van der Waals surface area contributed by atoms with E-state index in [-0.39, 0.29) is 19.4 Å². The number of rotatable bonds is 35. The molecule has 0 bridgehead atoms. The van der Waals surface area contributed by atoms with Crippen LogP contribution in [-0.4, -0.2) is 52.3 Å². The fraction of sp³-hybridized carbons (Fsp3) is 0.707. The first kappa shape index (κ1) is 48.7. The standard InChI is InChI=1S/C41H71O9P/c1-3-5-7-9-11-12-13-14-15-16-17-18-23-27-31-35-41(44)50-39(37-49-51(45,46)47)36-48-40(43)34-30-26-22-20-19-21-25-29-33-38(42)32-28-24-10-8-6-4-2/h12-13,20-22,24-25,28-29,33,38-39,42H,3-11,14-19,23,26-27,30-32,34-37H2,1-2H3,(H2,45,46,47)/b13-12-,22-20-,25-21-,28-24-,33-29+/t38-,39-/m1/s1. The molecule has 0 fully saturated rings. The van der Waals surface area contributed by atoms with Gasteiger partial charge in [0.05, 0.1) is 12.7 Å². The monoisotopic (exact) mass is 738 g/mol. The number of esters is 2. The van der Waals surface area contributed by atoms with Crippen molar-refractivity contribution in [2.45, 2.75) is 174 Å². The van der Waals surface area contributed by atoms with Crippen LogP contribution in [0.25, 0.3) is 0 Å². The highest BCUT2D eigenvalue weighted by Crippen LogP contribution is 2.36. The fourth-order valence-corrected chi connectivity index (χ4v) is 5.45. The van der Waals surface area contributed by atoms with Crippen LogP contribution >= 0.6 is 7.82 Å². The number of ether oxygens (including phenoxy) is 2. The first-order chi connectivity index (χ1) is 24.7. The Hall–Kier alpha value is -2.29. The lowest BCUT2D eigenvalue weighted by atomic mass is 10.1. The van der Waals surface area contributed by atoms with Gasteiger partial charge in [0, 0.05) is 12.8 Å². The van der Waals surface area contributed by atoms with Crippen molar-refractivity contribution in [3.63, 3.8) is 0 Å². The van der Waals surface area contributed by atoms with E-state index in [0.29, 0.717) is 25.7 Å². The molecule has 3 N–H and O–H groups in total. The van der Waals surface area contributed by atoms with Crippen LogP contribution < -0.4 is 0 Å². The molecule has 0 amide bonds. The highest BCUT2D eigenvalue weighted by atomic mass is 31.2. The number of carbonyl (C=O) groups excluding carboxylic acids is 2. The lowest BCUT2D eigenvalue weighted by Crippen LogP contribution is -2.29. The first-order valence-corrected chi connectivity index (χ1v) is 21.2. The molecule has 0 rings (SSSR count). The van der Waals surface area contributed by atoms with Gasteiger partial charge in [0.2, 0.25) is 0 Å². The normalized spacial score (nSPS) is 13.7. The molecule has 0 aromatic heterocycles. The summed E-state index contributed by atoms with van der Waals surface area (Å²) in [5, 5.41) is 9.98. The van der Waals surface area contributed by atoms with Gasteiger partial charge in [-0.05, 0) is 70.6 Å². The van der Waals surface area contributed by atoms with Gasteiger partial charge in [-0.2, -0.15) is 0 Å². The minimum absolute atomic E-state index is 0.156. The summed E-state index contributed by atoms with van der Waals surface area (Å²) in [6.45, 7) is 3.51. The minimum Gasteiger partial charge on any atom is -0.462 e. The Morgan fingerprint density at radius 2 is 1.14 bits per heavy atom. The Morgan fingerprint density at radius 3 is 1.80 bits per heavy atom. The second-order valence-corrected chi connectivity index (χ2v) is 14.3. The number of carbonyl (C=O) groups is 2. The molecule has 0 heterocycles. The van der Waals surface area contributed by atoms with Crippen LogP contribution in [0.3, 0.4) is 0 Å². The average molecular weight is 739 g/mol. The third-order valence-corrected chi connectivity index (χ3v) is 8.57. The van der Waals surface area contributed by atoms with Crippen LogP contribution in [0.15, 0.2) is 60.8 Å². The maximum atomic E-state index is 12.4. The van der Waals surface area contributed by atoms with Gasteiger partial charge in [0.25, 0.3) is 0 Å². The number of aliphatic hydroxyl groups is 1. The van der Waals surface area contributed by atoms with Crippen molar-refractivity contribution in [3.8, 4) is 0 Å². The van der Waals surface area contributed by atoms with Crippen molar-refractivity contribution in [3.05, 3.63) is 60.8 Å². The third kappa shape index (κ3) is 38.8. The summed E-state index contributed by atoms with van der Waals surface area (Å²) < 4.78 is 26.2. The molecule has 10 heteroatoms. The van der Waals surface area contributed by atoms with Gasteiger partial charge in [-0.3, -0.25) is 14.1 Å². The molecule has 0 aromatic carbocycles. The molecule has 0 unspecified atom stereocenters. The van der Waals surface area contributed by atoms with Crippen molar-refractivity contribution >= 4 is 19.8 Å². The number of hydrogen-bond acceptors (Lipinski definition) is 7. The number of allylic oxidation sites excluding steroid dienone is 8. The summed E-state index contributed by atoms with van der Waals surface area (Å²) in [5.41, 5.74) is 0. The molecule has 51 heavy (non-hydrogen) atoms. The number of phosphoric acid groups is 1. The predicted octanol–water partition coefficient (Wildman–Crippen LogP) is 10.7. The van der Waals surface area contributed by atoms with E-state index in [0.717, 1.165) is 38.5 Å². The van der Waals surface area contributed by atoms with Gasteiger partial charge in [-0.25, -0.2) is 4.57 Å². The molecule has 9 nitrogen and oxygen atoms in total. The van der Waals surface area contributed by atoms with Gasteiger partial charge >= 0.3 is 19.8 Å². The van der Waals surface area contributed by atoms with Gasteiger partial charge in [-0.1, -0.05) is 139 Å². The van der Waals surface area contributed by atoms with Gasteiger partial charge in [0.15, 0.2) is 6.10 Å². The molecule has 0 aromatic rings.